The first-order valence-electron chi connectivity index (χ1n) is 3.52. The van der Waals surface area contributed by atoms with Gasteiger partial charge in [-0.15, -0.1) is 0 Å². The zero-order valence-corrected chi connectivity index (χ0v) is 6.15. The third-order valence-corrected chi connectivity index (χ3v) is 2.38. The summed E-state index contributed by atoms with van der Waals surface area (Å²) in [5.41, 5.74) is 0.000000000000000222. The lowest BCUT2D eigenvalue weighted by molar-refractivity contribution is 0.163. The summed E-state index contributed by atoms with van der Waals surface area (Å²) in [4.78, 5) is 0. The molecule has 54 valence electrons. The van der Waals surface area contributed by atoms with E-state index in [0.29, 0.717) is 5.92 Å². The van der Waals surface area contributed by atoms with Crippen molar-refractivity contribution in [2.75, 3.05) is 13.7 Å². The Bertz CT molecular complexity index is 95.1. The molecule has 1 saturated carbocycles. The third kappa shape index (κ3) is 1.25. The van der Waals surface area contributed by atoms with Crippen molar-refractivity contribution in [1.29, 1.82) is 0 Å². The van der Waals surface area contributed by atoms with Crippen molar-refractivity contribution < 1.29 is 5.11 Å². The lowest BCUT2D eigenvalue weighted by Crippen LogP contribution is -2.45. The van der Waals surface area contributed by atoms with Crippen LogP contribution < -0.4 is 5.32 Å². The minimum Gasteiger partial charge on any atom is -0.394 e. The van der Waals surface area contributed by atoms with Crippen molar-refractivity contribution in [1.82, 2.24) is 5.32 Å². The van der Waals surface area contributed by atoms with E-state index >= 15 is 0 Å². The van der Waals surface area contributed by atoms with Crippen molar-refractivity contribution in [3.8, 4) is 0 Å². The Morgan fingerprint density at radius 1 is 1.67 bits per heavy atom. The first-order chi connectivity index (χ1) is 4.23. The van der Waals surface area contributed by atoms with E-state index in [0.717, 1.165) is 0 Å². The molecule has 1 fully saturated rings. The molecule has 0 aromatic heterocycles. The molecule has 0 radical (unpaired) electrons. The van der Waals surface area contributed by atoms with Crippen molar-refractivity contribution in [3.63, 3.8) is 0 Å². The largest absolute Gasteiger partial charge is 0.394 e. The van der Waals surface area contributed by atoms with Gasteiger partial charge in [-0.25, -0.2) is 0 Å². The molecule has 1 aliphatic rings. The molecule has 1 aliphatic carbocycles. The van der Waals surface area contributed by atoms with Gasteiger partial charge >= 0.3 is 0 Å². The number of hydrogen-bond donors (Lipinski definition) is 2. The SMILES string of the molecule is CN[C@@](C)(CO)C1CC1. The van der Waals surface area contributed by atoms with E-state index < -0.39 is 0 Å². The minimum atomic E-state index is 0.000000000000000222. The summed E-state index contributed by atoms with van der Waals surface area (Å²) in [7, 11) is 1.91. The Hall–Kier alpha value is -0.0800. The molecular weight excluding hydrogens is 114 g/mol. The van der Waals surface area contributed by atoms with Gasteiger partial charge in [0, 0.05) is 5.54 Å². The monoisotopic (exact) mass is 129 g/mol. The minimum absolute atomic E-state index is 0.000000000000000222. The average Bonchev–Trinajstić information content (AvgIpc) is 2.68. The van der Waals surface area contributed by atoms with E-state index in [1.54, 1.807) is 0 Å². The maximum atomic E-state index is 8.93. The van der Waals surface area contributed by atoms with Crippen molar-refractivity contribution in [3.05, 3.63) is 0 Å². The van der Waals surface area contributed by atoms with Gasteiger partial charge in [0.05, 0.1) is 6.61 Å². The number of likely N-dealkylation sites (N-methyl/N-ethyl adjacent to an activating group) is 1. The molecular formula is C7H15NO. The first kappa shape index (κ1) is 7.03. The molecule has 2 nitrogen and oxygen atoms in total. The molecule has 0 aliphatic heterocycles. The van der Waals surface area contributed by atoms with Gasteiger partial charge in [-0.05, 0) is 32.7 Å². The third-order valence-electron chi connectivity index (χ3n) is 2.38. The summed E-state index contributed by atoms with van der Waals surface area (Å²) in [5.74, 6) is 0.715. The smallest absolute Gasteiger partial charge is 0.0613 e. The second-order valence-electron chi connectivity index (χ2n) is 3.10. The molecule has 1 rings (SSSR count). The van der Waals surface area contributed by atoms with Crippen LogP contribution in [-0.2, 0) is 0 Å². The molecule has 2 heteroatoms. The van der Waals surface area contributed by atoms with E-state index in [1.165, 1.54) is 12.8 Å². The normalized spacial score (nSPS) is 25.7. The highest BCUT2D eigenvalue weighted by Crippen LogP contribution is 2.38. The molecule has 0 bridgehead atoms. The van der Waals surface area contributed by atoms with Gasteiger partial charge in [0.15, 0.2) is 0 Å². The van der Waals surface area contributed by atoms with Crippen LogP contribution in [0.4, 0.5) is 0 Å². The molecule has 0 saturated heterocycles. The van der Waals surface area contributed by atoms with Crippen LogP contribution >= 0.6 is 0 Å². The zero-order chi connectivity index (χ0) is 6.91. The highest BCUT2D eigenvalue weighted by Gasteiger charge is 2.39. The van der Waals surface area contributed by atoms with Crippen LogP contribution in [0.3, 0.4) is 0 Å². The number of rotatable bonds is 3. The average molecular weight is 129 g/mol. The standard InChI is InChI=1S/C7H15NO/c1-7(5-9,8-2)6-3-4-6/h6,8-9H,3-5H2,1-2H3/t7-/m0/s1. The molecule has 0 unspecified atom stereocenters. The maximum absolute atomic E-state index is 8.93. The van der Waals surface area contributed by atoms with E-state index in [1.807, 2.05) is 7.05 Å². The lowest BCUT2D eigenvalue weighted by atomic mass is 9.98. The van der Waals surface area contributed by atoms with Gasteiger partial charge in [-0.2, -0.15) is 0 Å². The van der Waals surface area contributed by atoms with Crippen LogP contribution in [0.1, 0.15) is 19.8 Å². The van der Waals surface area contributed by atoms with E-state index in [-0.39, 0.29) is 12.1 Å². The van der Waals surface area contributed by atoms with E-state index in [9.17, 15) is 0 Å². The summed E-state index contributed by atoms with van der Waals surface area (Å²) in [6, 6.07) is 0. The van der Waals surface area contributed by atoms with Crippen LogP contribution in [0, 0.1) is 5.92 Å². The fourth-order valence-electron chi connectivity index (χ4n) is 1.13. The van der Waals surface area contributed by atoms with Crippen LogP contribution in [0.2, 0.25) is 0 Å². The van der Waals surface area contributed by atoms with Crippen molar-refractivity contribution in [2.24, 2.45) is 5.92 Å². The number of nitrogens with one attached hydrogen (secondary N) is 1. The Morgan fingerprint density at radius 3 is 2.33 bits per heavy atom. The summed E-state index contributed by atoms with van der Waals surface area (Å²) in [6.45, 7) is 2.33. The van der Waals surface area contributed by atoms with Crippen molar-refractivity contribution >= 4 is 0 Å². The molecule has 2 N–H and O–H groups in total. The second kappa shape index (κ2) is 2.27. The summed E-state index contributed by atoms with van der Waals surface area (Å²) < 4.78 is 0. The highest BCUT2D eigenvalue weighted by molar-refractivity contribution is 4.96. The predicted octanol–water partition coefficient (Wildman–Crippen LogP) is 0.367. The zero-order valence-electron chi connectivity index (χ0n) is 6.15. The van der Waals surface area contributed by atoms with Crippen molar-refractivity contribution in [2.45, 2.75) is 25.3 Å². The van der Waals surface area contributed by atoms with Gasteiger partial charge < -0.3 is 10.4 Å². The molecule has 1 atom stereocenters. The number of aliphatic hydroxyl groups is 1. The molecule has 9 heavy (non-hydrogen) atoms. The summed E-state index contributed by atoms with van der Waals surface area (Å²) in [6.07, 6.45) is 2.55. The van der Waals surface area contributed by atoms with Crippen LogP contribution in [-0.4, -0.2) is 24.3 Å². The topological polar surface area (TPSA) is 32.3 Å². The lowest BCUT2D eigenvalue weighted by Gasteiger charge is -2.26. The summed E-state index contributed by atoms with van der Waals surface area (Å²) >= 11 is 0. The Balaban J connectivity index is 2.43. The quantitative estimate of drug-likeness (QED) is 0.577. The van der Waals surface area contributed by atoms with Gasteiger partial charge in [0.2, 0.25) is 0 Å². The van der Waals surface area contributed by atoms with E-state index in [4.69, 9.17) is 5.11 Å². The fraction of sp³-hybridized carbons (Fsp3) is 1.00. The van der Waals surface area contributed by atoms with Crippen LogP contribution in [0.25, 0.3) is 0 Å². The second-order valence-corrected chi connectivity index (χ2v) is 3.10. The molecule has 0 heterocycles. The predicted molar refractivity (Wildman–Crippen MR) is 37.3 cm³/mol. The van der Waals surface area contributed by atoms with Gasteiger partial charge in [-0.3, -0.25) is 0 Å². The van der Waals surface area contributed by atoms with Gasteiger partial charge in [0.25, 0.3) is 0 Å². The summed E-state index contributed by atoms with van der Waals surface area (Å²) in [5, 5.41) is 12.1. The highest BCUT2D eigenvalue weighted by atomic mass is 16.3. The first-order valence-corrected chi connectivity index (χ1v) is 3.52. The van der Waals surface area contributed by atoms with E-state index in [2.05, 4.69) is 12.2 Å². The number of hydrogen-bond acceptors (Lipinski definition) is 2. The Labute approximate surface area is 56.3 Å². The Morgan fingerprint density at radius 2 is 2.22 bits per heavy atom. The van der Waals surface area contributed by atoms with Crippen LogP contribution in [0.5, 0.6) is 0 Å². The molecule has 0 aromatic carbocycles. The fourth-order valence-corrected chi connectivity index (χ4v) is 1.13. The van der Waals surface area contributed by atoms with Crippen LogP contribution in [0.15, 0.2) is 0 Å². The molecule has 0 aromatic rings. The molecule has 0 amide bonds. The Kier molecular flexibility index (Phi) is 1.78. The van der Waals surface area contributed by atoms with Gasteiger partial charge in [0.1, 0.15) is 0 Å². The molecule has 0 spiro atoms. The van der Waals surface area contributed by atoms with Gasteiger partial charge in [-0.1, -0.05) is 0 Å². The maximum Gasteiger partial charge on any atom is 0.0613 e. The number of aliphatic hydroxyl groups excluding tert-OH is 1.